The van der Waals surface area contributed by atoms with Gasteiger partial charge in [0.05, 0.1) is 6.10 Å². The second kappa shape index (κ2) is 12.4. The van der Waals surface area contributed by atoms with Crippen molar-refractivity contribution in [3.8, 4) is 11.6 Å². The third kappa shape index (κ3) is 7.49. The van der Waals surface area contributed by atoms with E-state index in [1.807, 2.05) is 43.3 Å². The van der Waals surface area contributed by atoms with Gasteiger partial charge in [0, 0.05) is 38.9 Å². The van der Waals surface area contributed by atoms with Crippen molar-refractivity contribution in [3.05, 3.63) is 66.1 Å². The summed E-state index contributed by atoms with van der Waals surface area (Å²) >= 11 is 0. The first-order chi connectivity index (χ1) is 15.3. The van der Waals surface area contributed by atoms with E-state index in [4.69, 9.17) is 9.26 Å². The molecule has 3 rings (SSSR count). The first-order valence-electron chi connectivity index (χ1n) is 10.7. The fraction of sp³-hybridized carbons (Fsp3) is 0.391. The number of nitrogens with one attached hydrogen (secondary N) is 2. The summed E-state index contributed by atoms with van der Waals surface area (Å²) in [4.78, 5) is 13.2. The Balaban J connectivity index is 1.38. The van der Waals surface area contributed by atoms with Gasteiger partial charge in [-0.15, -0.1) is 0 Å². The van der Waals surface area contributed by atoms with Gasteiger partial charge in [0.2, 0.25) is 0 Å². The van der Waals surface area contributed by atoms with E-state index in [9.17, 15) is 0 Å². The van der Waals surface area contributed by atoms with Gasteiger partial charge in [-0.25, -0.2) is 0 Å². The molecule has 0 aliphatic carbocycles. The van der Waals surface area contributed by atoms with Crippen LogP contribution < -0.4 is 10.6 Å². The Labute approximate surface area is 183 Å². The van der Waals surface area contributed by atoms with E-state index in [-0.39, 0.29) is 6.10 Å². The fourth-order valence-corrected chi connectivity index (χ4v) is 2.92. The largest absolute Gasteiger partial charge is 0.374 e. The number of ether oxygens (including phenoxy) is 1. The van der Waals surface area contributed by atoms with E-state index in [0.717, 1.165) is 18.9 Å². The lowest BCUT2D eigenvalue weighted by atomic mass is 10.1. The van der Waals surface area contributed by atoms with E-state index in [0.29, 0.717) is 43.5 Å². The molecule has 0 bridgehead atoms. The predicted molar refractivity (Wildman–Crippen MR) is 121 cm³/mol. The summed E-state index contributed by atoms with van der Waals surface area (Å²) < 4.78 is 11.2. The molecule has 0 saturated heterocycles. The molecule has 0 aliphatic rings. The number of hydrogen-bond donors (Lipinski definition) is 2. The Bertz CT molecular complexity index is 914. The Morgan fingerprint density at radius 2 is 1.97 bits per heavy atom. The van der Waals surface area contributed by atoms with E-state index < -0.39 is 0 Å². The number of nitrogens with zero attached hydrogens (tertiary/aromatic N) is 4. The van der Waals surface area contributed by atoms with Crippen LogP contribution in [0.15, 0.2) is 64.2 Å². The normalized spacial score (nSPS) is 12.5. The molecule has 0 spiro atoms. The van der Waals surface area contributed by atoms with Crippen LogP contribution in [0.5, 0.6) is 0 Å². The molecule has 8 heteroatoms. The molecule has 2 heterocycles. The van der Waals surface area contributed by atoms with E-state index in [2.05, 4.69) is 49.8 Å². The number of pyridine rings is 1. The molecule has 0 amide bonds. The molecule has 0 fully saturated rings. The summed E-state index contributed by atoms with van der Waals surface area (Å²) in [6, 6.07) is 15.8. The van der Waals surface area contributed by atoms with Crippen LogP contribution in [0.2, 0.25) is 0 Å². The molecular weight excluding hydrogens is 392 g/mol. The van der Waals surface area contributed by atoms with Crippen molar-refractivity contribution in [2.24, 2.45) is 4.99 Å². The Kier molecular flexibility index (Phi) is 9.00. The molecule has 164 valence electrons. The molecule has 0 radical (unpaired) electrons. The number of aliphatic imine (C=N–C) groups is 1. The van der Waals surface area contributed by atoms with Gasteiger partial charge in [0.15, 0.2) is 11.8 Å². The molecule has 1 atom stereocenters. The molecule has 1 unspecified atom stereocenters. The van der Waals surface area contributed by atoms with Gasteiger partial charge in [0.25, 0.3) is 5.89 Å². The SMILES string of the molecule is CCNC(=NCCCOC(C)c1ccccc1)NCCc1noc(-c2ccccn2)n1. The van der Waals surface area contributed by atoms with Crippen molar-refractivity contribution in [2.75, 3.05) is 26.2 Å². The van der Waals surface area contributed by atoms with Crippen LogP contribution in [0.4, 0.5) is 0 Å². The third-order valence-electron chi connectivity index (χ3n) is 4.55. The maximum absolute atomic E-state index is 5.91. The molecule has 1 aromatic carbocycles. The van der Waals surface area contributed by atoms with Gasteiger partial charge in [-0.2, -0.15) is 4.98 Å². The summed E-state index contributed by atoms with van der Waals surface area (Å²) in [5.74, 6) is 1.83. The fourth-order valence-electron chi connectivity index (χ4n) is 2.92. The molecule has 31 heavy (non-hydrogen) atoms. The highest BCUT2D eigenvalue weighted by Gasteiger charge is 2.09. The number of rotatable bonds is 11. The lowest BCUT2D eigenvalue weighted by molar-refractivity contribution is 0.0652. The summed E-state index contributed by atoms with van der Waals surface area (Å²) in [6.45, 7) is 6.90. The van der Waals surface area contributed by atoms with Crippen molar-refractivity contribution in [2.45, 2.75) is 32.8 Å². The minimum absolute atomic E-state index is 0.0856. The first-order valence-corrected chi connectivity index (χ1v) is 10.7. The van der Waals surface area contributed by atoms with Crippen LogP contribution in [0.3, 0.4) is 0 Å². The highest BCUT2D eigenvalue weighted by atomic mass is 16.5. The highest BCUT2D eigenvalue weighted by Crippen LogP contribution is 2.16. The monoisotopic (exact) mass is 422 g/mol. The zero-order valence-electron chi connectivity index (χ0n) is 18.1. The summed E-state index contributed by atoms with van der Waals surface area (Å²) in [7, 11) is 0. The molecule has 2 aromatic heterocycles. The quantitative estimate of drug-likeness (QED) is 0.278. The standard InChI is InChI=1S/C23H30N6O2/c1-3-24-23(26-15-9-17-30-18(2)19-10-5-4-6-11-19)27-16-13-21-28-22(31-29-21)20-12-7-8-14-25-20/h4-8,10-12,14,18H,3,9,13,15-17H2,1-2H3,(H2,24,26,27). The van der Waals surface area contributed by atoms with Gasteiger partial charge in [-0.05, 0) is 38.0 Å². The van der Waals surface area contributed by atoms with Crippen LogP contribution >= 0.6 is 0 Å². The molecule has 0 saturated carbocycles. The zero-order chi connectivity index (χ0) is 21.7. The smallest absolute Gasteiger partial charge is 0.276 e. The van der Waals surface area contributed by atoms with Crippen molar-refractivity contribution < 1.29 is 9.26 Å². The highest BCUT2D eigenvalue weighted by molar-refractivity contribution is 5.79. The van der Waals surface area contributed by atoms with E-state index >= 15 is 0 Å². The van der Waals surface area contributed by atoms with Crippen molar-refractivity contribution in [3.63, 3.8) is 0 Å². The molecular formula is C23H30N6O2. The average molecular weight is 423 g/mol. The summed E-state index contributed by atoms with van der Waals surface area (Å²) in [5.41, 5.74) is 1.86. The molecule has 2 N–H and O–H groups in total. The summed E-state index contributed by atoms with van der Waals surface area (Å²) in [6.07, 6.45) is 3.26. The second-order valence-corrected chi connectivity index (χ2v) is 6.95. The van der Waals surface area contributed by atoms with Crippen molar-refractivity contribution in [1.29, 1.82) is 0 Å². The van der Waals surface area contributed by atoms with Crippen LogP contribution in [-0.2, 0) is 11.2 Å². The van der Waals surface area contributed by atoms with Crippen LogP contribution in [0.25, 0.3) is 11.6 Å². The third-order valence-corrected chi connectivity index (χ3v) is 4.55. The Hall–Kier alpha value is -3.26. The summed E-state index contributed by atoms with van der Waals surface area (Å²) in [5, 5.41) is 10.6. The number of hydrogen-bond acceptors (Lipinski definition) is 6. The predicted octanol–water partition coefficient (Wildman–Crippen LogP) is 3.40. The van der Waals surface area contributed by atoms with Crippen molar-refractivity contribution in [1.82, 2.24) is 25.8 Å². The van der Waals surface area contributed by atoms with Gasteiger partial charge in [-0.3, -0.25) is 9.98 Å². The lowest BCUT2D eigenvalue weighted by Crippen LogP contribution is -2.38. The number of aromatic nitrogens is 3. The van der Waals surface area contributed by atoms with Gasteiger partial charge in [-0.1, -0.05) is 41.6 Å². The van der Waals surface area contributed by atoms with Crippen LogP contribution in [0.1, 0.15) is 37.8 Å². The van der Waals surface area contributed by atoms with Crippen LogP contribution in [0, 0.1) is 0 Å². The zero-order valence-corrected chi connectivity index (χ0v) is 18.1. The van der Waals surface area contributed by atoms with Crippen molar-refractivity contribution >= 4 is 5.96 Å². The topological polar surface area (TPSA) is 97.5 Å². The van der Waals surface area contributed by atoms with E-state index in [1.54, 1.807) is 6.20 Å². The lowest BCUT2D eigenvalue weighted by Gasteiger charge is -2.13. The number of guanidine groups is 1. The van der Waals surface area contributed by atoms with E-state index in [1.165, 1.54) is 5.56 Å². The molecule has 8 nitrogen and oxygen atoms in total. The maximum Gasteiger partial charge on any atom is 0.276 e. The first kappa shape index (κ1) is 22.4. The Morgan fingerprint density at radius 3 is 2.74 bits per heavy atom. The molecule has 0 aliphatic heterocycles. The Morgan fingerprint density at radius 1 is 1.13 bits per heavy atom. The number of benzene rings is 1. The second-order valence-electron chi connectivity index (χ2n) is 6.95. The van der Waals surface area contributed by atoms with Gasteiger partial charge >= 0.3 is 0 Å². The maximum atomic E-state index is 5.91. The minimum atomic E-state index is 0.0856. The average Bonchev–Trinajstić information content (AvgIpc) is 3.29. The van der Waals surface area contributed by atoms with Crippen LogP contribution in [-0.4, -0.2) is 47.3 Å². The van der Waals surface area contributed by atoms with Gasteiger partial charge < -0.3 is 19.9 Å². The minimum Gasteiger partial charge on any atom is -0.374 e. The molecule has 3 aromatic rings. The van der Waals surface area contributed by atoms with Gasteiger partial charge in [0.1, 0.15) is 5.69 Å².